The number of halogens is 1. The number of aromatic amines is 1. The Morgan fingerprint density at radius 3 is 2.71 bits per heavy atom. The van der Waals surface area contributed by atoms with E-state index in [1.165, 1.54) is 6.33 Å². The summed E-state index contributed by atoms with van der Waals surface area (Å²) in [5, 5.41) is -0.0737. The van der Waals surface area contributed by atoms with Crippen molar-refractivity contribution in [1.82, 2.24) is 9.97 Å². The van der Waals surface area contributed by atoms with Gasteiger partial charge in [-0.1, -0.05) is 23.7 Å². The van der Waals surface area contributed by atoms with Crippen molar-refractivity contribution in [2.45, 2.75) is 6.54 Å². The van der Waals surface area contributed by atoms with Crippen molar-refractivity contribution < 1.29 is 4.74 Å². The van der Waals surface area contributed by atoms with Gasteiger partial charge in [0.1, 0.15) is 5.75 Å². The lowest BCUT2D eigenvalue weighted by Gasteiger charge is -2.05. The van der Waals surface area contributed by atoms with Gasteiger partial charge in [-0.3, -0.25) is 4.79 Å². The average Bonchev–Trinajstić information content (AvgIpc) is 2.36. The minimum absolute atomic E-state index is 0.0737. The molecule has 88 valence electrons. The van der Waals surface area contributed by atoms with E-state index in [2.05, 4.69) is 9.97 Å². The van der Waals surface area contributed by atoms with Crippen molar-refractivity contribution >= 4 is 11.6 Å². The minimum Gasteiger partial charge on any atom is -0.437 e. The number of aromatic nitrogens is 2. The third-order valence-electron chi connectivity index (χ3n) is 2.14. The van der Waals surface area contributed by atoms with Crippen LogP contribution in [0, 0.1) is 0 Å². The van der Waals surface area contributed by atoms with Crippen LogP contribution in [-0.2, 0) is 6.54 Å². The molecular weight excluding hydrogens is 242 g/mol. The van der Waals surface area contributed by atoms with E-state index in [-0.39, 0.29) is 10.9 Å². The van der Waals surface area contributed by atoms with E-state index in [1.807, 2.05) is 12.1 Å². The molecule has 1 heterocycles. The lowest BCUT2D eigenvalue weighted by Crippen LogP contribution is -2.07. The molecular formula is C11H10ClN3O2. The van der Waals surface area contributed by atoms with Crippen LogP contribution in [0.15, 0.2) is 35.4 Å². The first-order valence-electron chi connectivity index (χ1n) is 4.91. The number of nitrogens with one attached hydrogen (secondary N) is 1. The van der Waals surface area contributed by atoms with E-state index >= 15 is 0 Å². The molecule has 1 aromatic heterocycles. The predicted molar refractivity (Wildman–Crippen MR) is 64.3 cm³/mol. The van der Waals surface area contributed by atoms with E-state index in [0.717, 1.165) is 5.56 Å². The summed E-state index contributed by atoms with van der Waals surface area (Å²) in [7, 11) is 0. The summed E-state index contributed by atoms with van der Waals surface area (Å²) in [6, 6.07) is 7.13. The lowest BCUT2D eigenvalue weighted by molar-refractivity contribution is 0.460. The van der Waals surface area contributed by atoms with Gasteiger partial charge in [0.15, 0.2) is 5.02 Å². The summed E-state index contributed by atoms with van der Waals surface area (Å²) in [5.74, 6) is 0.623. The topological polar surface area (TPSA) is 81.0 Å². The maximum Gasteiger partial charge on any atom is 0.273 e. The Morgan fingerprint density at radius 1 is 1.35 bits per heavy atom. The van der Waals surface area contributed by atoms with Gasteiger partial charge in [-0.2, -0.15) is 0 Å². The van der Waals surface area contributed by atoms with Crippen LogP contribution in [0.5, 0.6) is 11.6 Å². The first-order valence-corrected chi connectivity index (χ1v) is 5.28. The van der Waals surface area contributed by atoms with Crippen LogP contribution in [0.2, 0.25) is 5.02 Å². The molecule has 2 aromatic rings. The molecule has 0 saturated carbocycles. The molecule has 0 aliphatic heterocycles. The molecule has 0 saturated heterocycles. The van der Waals surface area contributed by atoms with Gasteiger partial charge in [0.05, 0.1) is 6.33 Å². The Kier molecular flexibility index (Phi) is 3.41. The van der Waals surface area contributed by atoms with Crippen LogP contribution >= 0.6 is 11.6 Å². The summed E-state index contributed by atoms with van der Waals surface area (Å²) < 4.78 is 5.39. The summed E-state index contributed by atoms with van der Waals surface area (Å²) in [5.41, 5.74) is 6.03. The molecule has 0 aliphatic rings. The van der Waals surface area contributed by atoms with Gasteiger partial charge < -0.3 is 15.5 Å². The quantitative estimate of drug-likeness (QED) is 0.870. The van der Waals surface area contributed by atoms with Crippen LogP contribution < -0.4 is 16.0 Å². The number of nitrogens with two attached hydrogens (primary N) is 1. The molecule has 17 heavy (non-hydrogen) atoms. The minimum atomic E-state index is -0.435. The average molecular weight is 252 g/mol. The van der Waals surface area contributed by atoms with Crippen molar-refractivity contribution in [3.05, 3.63) is 51.5 Å². The summed E-state index contributed by atoms with van der Waals surface area (Å²) in [4.78, 5) is 17.4. The molecule has 0 radical (unpaired) electrons. The second-order valence-electron chi connectivity index (χ2n) is 3.30. The number of nitrogens with zero attached hydrogens (tertiary/aromatic N) is 1. The van der Waals surface area contributed by atoms with Gasteiger partial charge in [0, 0.05) is 6.54 Å². The van der Waals surface area contributed by atoms with E-state index < -0.39 is 5.56 Å². The third-order valence-corrected chi connectivity index (χ3v) is 2.47. The van der Waals surface area contributed by atoms with Gasteiger partial charge in [-0.05, 0) is 17.7 Å². The largest absolute Gasteiger partial charge is 0.437 e. The van der Waals surface area contributed by atoms with Gasteiger partial charge in [-0.15, -0.1) is 0 Å². The molecule has 5 nitrogen and oxygen atoms in total. The van der Waals surface area contributed by atoms with Crippen LogP contribution in [0.25, 0.3) is 0 Å². The monoisotopic (exact) mass is 251 g/mol. The first kappa shape index (κ1) is 11.6. The van der Waals surface area contributed by atoms with Crippen molar-refractivity contribution in [2.75, 3.05) is 0 Å². The summed E-state index contributed by atoms with van der Waals surface area (Å²) in [6.07, 6.45) is 1.23. The highest BCUT2D eigenvalue weighted by molar-refractivity contribution is 6.31. The molecule has 0 fully saturated rings. The number of ether oxygens (including phenoxy) is 1. The summed E-state index contributed by atoms with van der Waals surface area (Å²) >= 11 is 5.75. The molecule has 0 atom stereocenters. The van der Waals surface area contributed by atoms with E-state index in [0.29, 0.717) is 12.3 Å². The van der Waals surface area contributed by atoms with E-state index in [9.17, 15) is 4.79 Å². The Hall–Kier alpha value is -1.85. The zero-order valence-corrected chi connectivity index (χ0v) is 9.57. The van der Waals surface area contributed by atoms with Crippen molar-refractivity contribution in [2.24, 2.45) is 5.73 Å². The standard InChI is InChI=1S/C11H10ClN3O2/c12-9-10(16)14-6-15-11(9)17-8-3-1-7(5-13)2-4-8/h1-4,6H,5,13H2,(H,14,15,16). The van der Waals surface area contributed by atoms with E-state index in [1.54, 1.807) is 12.1 Å². The fourth-order valence-corrected chi connectivity index (χ4v) is 1.38. The molecule has 0 bridgehead atoms. The van der Waals surface area contributed by atoms with Crippen molar-refractivity contribution in [3.8, 4) is 11.6 Å². The highest BCUT2D eigenvalue weighted by Crippen LogP contribution is 2.23. The zero-order chi connectivity index (χ0) is 12.3. The van der Waals surface area contributed by atoms with Crippen molar-refractivity contribution in [3.63, 3.8) is 0 Å². The molecule has 6 heteroatoms. The second kappa shape index (κ2) is 4.99. The highest BCUT2D eigenvalue weighted by Gasteiger charge is 2.07. The van der Waals surface area contributed by atoms with Crippen LogP contribution in [0.3, 0.4) is 0 Å². The van der Waals surface area contributed by atoms with Crippen LogP contribution in [0.1, 0.15) is 5.56 Å². The zero-order valence-electron chi connectivity index (χ0n) is 8.81. The van der Waals surface area contributed by atoms with Crippen LogP contribution in [-0.4, -0.2) is 9.97 Å². The lowest BCUT2D eigenvalue weighted by atomic mass is 10.2. The predicted octanol–water partition coefficient (Wildman–Crippen LogP) is 1.67. The number of H-pyrrole nitrogens is 1. The summed E-state index contributed by atoms with van der Waals surface area (Å²) in [6.45, 7) is 0.463. The van der Waals surface area contributed by atoms with Crippen LogP contribution in [0.4, 0.5) is 0 Å². The first-order chi connectivity index (χ1) is 8.20. The Bertz CT molecular complexity index is 566. The maximum absolute atomic E-state index is 11.2. The van der Waals surface area contributed by atoms with E-state index in [4.69, 9.17) is 22.1 Å². The third kappa shape index (κ3) is 2.64. The number of hydrogen-bond donors (Lipinski definition) is 2. The number of hydrogen-bond acceptors (Lipinski definition) is 4. The molecule has 3 N–H and O–H groups in total. The molecule has 2 rings (SSSR count). The Balaban J connectivity index is 2.25. The second-order valence-corrected chi connectivity index (χ2v) is 3.68. The number of rotatable bonds is 3. The van der Waals surface area contributed by atoms with Gasteiger partial charge in [0.25, 0.3) is 5.56 Å². The fraction of sp³-hybridized carbons (Fsp3) is 0.0909. The smallest absolute Gasteiger partial charge is 0.273 e. The van der Waals surface area contributed by atoms with Gasteiger partial charge >= 0.3 is 0 Å². The fourth-order valence-electron chi connectivity index (χ4n) is 1.24. The molecule has 1 aromatic carbocycles. The Labute approximate surface area is 102 Å². The molecule has 0 amide bonds. The SMILES string of the molecule is NCc1ccc(Oc2nc[nH]c(=O)c2Cl)cc1. The highest BCUT2D eigenvalue weighted by atomic mass is 35.5. The maximum atomic E-state index is 11.2. The Morgan fingerprint density at radius 2 is 2.06 bits per heavy atom. The van der Waals surface area contributed by atoms with Gasteiger partial charge in [0.2, 0.25) is 5.88 Å². The normalized spacial score (nSPS) is 10.2. The number of benzene rings is 1. The molecule has 0 aliphatic carbocycles. The molecule has 0 unspecified atom stereocenters. The van der Waals surface area contributed by atoms with Gasteiger partial charge in [-0.25, -0.2) is 4.98 Å². The molecule has 0 spiro atoms. The van der Waals surface area contributed by atoms with Crippen molar-refractivity contribution in [1.29, 1.82) is 0 Å².